The Morgan fingerprint density at radius 1 is 1.22 bits per heavy atom. The van der Waals surface area contributed by atoms with Gasteiger partial charge in [0.15, 0.2) is 0 Å². The van der Waals surface area contributed by atoms with Crippen molar-refractivity contribution in [1.82, 2.24) is 5.32 Å². The maximum atomic E-state index is 12.1. The number of Topliss-reactive ketones (excluding diaryl/α,β-unsaturated/α-hetero) is 1. The molecule has 0 aliphatic heterocycles. The Hall–Kier alpha value is -1.43. The molecule has 6 nitrogen and oxygen atoms in total. The lowest BCUT2D eigenvalue weighted by Crippen LogP contribution is -2.52. The Labute approximate surface area is 106 Å². The number of primary amides is 1. The Morgan fingerprint density at radius 2 is 1.78 bits per heavy atom. The first-order valence-corrected chi connectivity index (χ1v) is 6.27. The molecule has 0 heterocycles. The molecule has 0 radical (unpaired) electrons. The second-order valence-electron chi connectivity index (χ2n) is 4.81. The summed E-state index contributed by atoms with van der Waals surface area (Å²) in [5, 5.41) is 2.53. The maximum absolute atomic E-state index is 12.1. The number of rotatable bonds is 5. The molecule has 1 saturated carbocycles. The summed E-state index contributed by atoms with van der Waals surface area (Å²) < 4.78 is 0. The van der Waals surface area contributed by atoms with Crippen molar-refractivity contribution in [3.05, 3.63) is 0 Å². The number of carbonyl (C=O) groups is 3. The Bertz CT molecular complexity index is 343. The summed E-state index contributed by atoms with van der Waals surface area (Å²) in [6, 6.07) is -0.855. The first-order chi connectivity index (χ1) is 8.47. The number of hydrogen-bond acceptors (Lipinski definition) is 4. The molecule has 1 aliphatic rings. The summed E-state index contributed by atoms with van der Waals surface area (Å²) in [5.74, 6) is -1.52. The molecule has 1 aliphatic carbocycles. The molecule has 0 saturated heterocycles. The van der Waals surface area contributed by atoms with Crippen LogP contribution >= 0.6 is 0 Å². The van der Waals surface area contributed by atoms with Crippen molar-refractivity contribution in [3.8, 4) is 0 Å². The standard InChI is InChI=1S/C12H21N3O3/c1-7(16)8-4-2-3-5-9(8)12(18)15-10(6-13)11(14)17/h8-10H,2-6,13H2,1H3,(H2,14,17)(H,15,18)/t8-,9-,10-/m0/s1. The zero-order chi connectivity index (χ0) is 13.7. The zero-order valence-electron chi connectivity index (χ0n) is 10.6. The van der Waals surface area contributed by atoms with Crippen LogP contribution in [-0.4, -0.2) is 30.2 Å². The fourth-order valence-electron chi connectivity index (χ4n) is 2.46. The summed E-state index contributed by atoms with van der Waals surface area (Å²) >= 11 is 0. The smallest absolute Gasteiger partial charge is 0.241 e. The van der Waals surface area contributed by atoms with Gasteiger partial charge >= 0.3 is 0 Å². The summed E-state index contributed by atoms with van der Waals surface area (Å²) in [4.78, 5) is 34.6. The quantitative estimate of drug-likeness (QED) is 0.603. The van der Waals surface area contributed by atoms with Gasteiger partial charge in [-0.25, -0.2) is 0 Å². The van der Waals surface area contributed by atoms with Gasteiger partial charge in [0.1, 0.15) is 11.8 Å². The average molecular weight is 255 g/mol. The van der Waals surface area contributed by atoms with Gasteiger partial charge in [0.2, 0.25) is 11.8 Å². The van der Waals surface area contributed by atoms with E-state index < -0.39 is 11.9 Å². The van der Waals surface area contributed by atoms with Gasteiger partial charge in [-0.3, -0.25) is 14.4 Å². The van der Waals surface area contributed by atoms with E-state index in [1.165, 1.54) is 6.92 Å². The molecule has 102 valence electrons. The van der Waals surface area contributed by atoms with E-state index in [-0.39, 0.29) is 30.1 Å². The van der Waals surface area contributed by atoms with Gasteiger partial charge in [0, 0.05) is 18.4 Å². The first kappa shape index (κ1) is 14.6. The normalized spacial score (nSPS) is 25.2. The van der Waals surface area contributed by atoms with Crippen LogP contribution in [0.3, 0.4) is 0 Å². The van der Waals surface area contributed by atoms with E-state index in [1.807, 2.05) is 0 Å². The van der Waals surface area contributed by atoms with Gasteiger partial charge in [-0.2, -0.15) is 0 Å². The highest BCUT2D eigenvalue weighted by atomic mass is 16.2. The van der Waals surface area contributed by atoms with Crippen LogP contribution in [0.1, 0.15) is 32.6 Å². The summed E-state index contributed by atoms with van der Waals surface area (Å²) in [6.07, 6.45) is 3.29. The van der Waals surface area contributed by atoms with Crippen LogP contribution in [0.25, 0.3) is 0 Å². The SMILES string of the molecule is CC(=O)[C@@H]1CCCC[C@@H]1C(=O)N[C@@H](CN)C(N)=O. The molecule has 5 N–H and O–H groups in total. The lowest BCUT2D eigenvalue weighted by molar-refractivity contribution is -0.136. The molecule has 0 aromatic rings. The fourth-order valence-corrected chi connectivity index (χ4v) is 2.46. The highest BCUT2D eigenvalue weighted by Crippen LogP contribution is 2.30. The lowest BCUT2D eigenvalue weighted by Gasteiger charge is -2.29. The van der Waals surface area contributed by atoms with Gasteiger partial charge < -0.3 is 16.8 Å². The number of nitrogens with two attached hydrogens (primary N) is 2. The number of nitrogens with one attached hydrogen (secondary N) is 1. The van der Waals surface area contributed by atoms with Crippen LogP contribution in [0.15, 0.2) is 0 Å². The van der Waals surface area contributed by atoms with Crippen molar-refractivity contribution >= 4 is 17.6 Å². The molecule has 0 aromatic heterocycles. The second kappa shape index (κ2) is 6.49. The molecular formula is C12H21N3O3. The van der Waals surface area contributed by atoms with Crippen LogP contribution in [0, 0.1) is 11.8 Å². The average Bonchev–Trinajstić information content (AvgIpc) is 2.35. The fraction of sp³-hybridized carbons (Fsp3) is 0.750. The second-order valence-corrected chi connectivity index (χ2v) is 4.81. The Morgan fingerprint density at radius 3 is 2.22 bits per heavy atom. The highest BCUT2D eigenvalue weighted by molar-refractivity contribution is 5.91. The predicted molar refractivity (Wildman–Crippen MR) is 66.3 cm³/mol. The van der Waals surface area contributed by atoms with Crippen LogP contribution < -0.4 is 16.8 Å². The molecule has 3 atom stereocenters. The summed E-state index contributed by atoms with van der Waals surface area (Å²) in [7, 11) is 0. The Kier molecular flexibility index (Phi) is 5.27. The van der Waals surface area contributed by atoms with Crippen molar-refractivity contribution < 1.29 is 14.4 Å². The van der Waals surface area contributed by atoms with E-state index in [9.17, 15) is 14.4 Å². The molecular weight excluding hydrogens is 234 g/mol. The molecule has 2 amide bonds. The summed E-state index contributed by atoms with van der Waals surface area (Å²) in [6.45, 7) is 1.48. The van der Waals surface area contributed by atoms with Gasteiger partial charge in [0.25, 0.3) is 0 Å². The van der Waals surface area contributed by atoms with E-state index in [4.69, 9.17) is 11.5 Å². The predicted octanol–water partition coefficient (Wildman–Crippen LogP) is -0.689. The monoisotopic (exact) mass is 255 g/mol. The third-order valence-electron chi connectivity index (χ3n) is 3.52. The molecule has 18 heavy (non-hydrogen) atoms. The minimum Gasteiger partial charge on any atom is -0.368 e. The zero-order valence-corrected chi connectivity index (χ0v) is 10.6. The molecule has 1 rings (SSSR count). The van der Waals surface area contributed by atoms with Crippen molar-refractivity contribution in [2.75, 3.05) is 6.54 Å². The molecule has 6 heteroatoms. The molecule has 0 aromatic carbocycles. The van der Waals surface area contributed by atoms with Gasteiger partial charge in [-0.05, 0) is 19.8 Å². The first-order valence-electron chi connectivity index (χ1n) is 6.27. The molecule has 1 fully saturated rings. The van der Waals surface area contributed by atoms with Crippen LogP contribution in [0.2, 0.25) is 0 Å². The van der Waals surface area contributed by atoms with Crippen molar-refractivity contribution in [2.24, 2.45) is 23.3 Å². The van der Waals surface area contributed by atoms with Crippen LogP contribution in [-0.2, 0) is 14.4 Å². The third-order valence-corrected chi connectivity index (χ3v) is 3.52. The number of amides is 2. The lowest BCUT2D eigenvalue weighted by atomic mass is 9.76. The topological polar surface area (TPSA) is 115 Å². The highest BCUT2D eigenvalue weighted by Gasteiger charge is 2.34. The number of carbonyl (C=O) groups excluding carboxylic acids is 3. The largest absolute Gasteiger partial charge is 0.368 e. The van der Waals surface area contributed by atoms with E-state index in [0.29, 0.717) is 6.42 Å². The van der Waals surface area contributed by atoms with E-state index in [0.717, 1.165) is 19.3 Å². The Balaban J connectivity index is 2.68. The minimum absolute atomic E-state index is 0.0261. The summed E-state index contributed by atoms with van der Waals surface area (Å²) in [5.41, 5.74) is 10.5. The minimum atomic E-state index is -0.855. The van der Waals surface area contributed by atoms with Crippen molar-refractivity contribution in [3.63, 3.8) is 0 Å². The molecule has 0 unspecified atom stereocenters. The molecule has 0 spiro atoms. The van der Waals surface area contributed by atoms with E-state index in [2.05, 4.69) is 5.32 Å². The van der Waals surface area contributed by atoms with Gasteiger partial charge in [0.05, 0.1) is 0 Å². The van der Waals surface area contributed by atoms with E-state index >= 15 is 0 Å². The number of ketones is 1. The molecule has 0 bridgehead atoms. The maximum Gasteiger partial charge on any atom is 0.241 e. The van der Waals surface area contributed by atoms with Crippen LogP contribution in [0.4, 0.5) is 0 Å². The van der Waals surface area contributed by atoms with Crippen molar-refractivity contribution in [2.45, 2.75) is 38.6 Å². The number of hydrogen-bond donors (Lipinski definition) is 3. The van der Waals surface area contributed by atoms with Gasteiger partial charge in [-0.1, -0.05) is 12.8 Å². The van der Waals surface area contributed by atoms with Crippen LogP contribution in [0.5, 0.6) is 0 Å². The van der Waals surface area contributed by atoms with Gasteiger partial charge in [-0.15, -0.1) is 0 Å². The third kappa shape index (κ3) is 3.53. The van der Waals surface area contributed by atoms with E-state index in [1.54, 1.807) is 0 Å². The van der Waals surface area contributed by atoms with Crippen molar-refractivity contribution in [1.29, 1.82) is 0 Å².